The lowest BCUT2D eigenvalue weighted by molar-refractivity contribution is 0.0488. The van der Waals surface area contributed by atoms with Crippen LogP contribution in [0.3, 0.4) is 0 Å². The average Bonchev–Trinajstić information content (AvgIpc) is 2.87. The summed E-state index contributed by atoms with van der Waals surface area (Å²) in [4.78, 5) is 33.1. The fourth-order valence-corrected chi connectivity index (χ4v) is 3.59. The van der Waals surface area contributed by atoms with Crippen molar-refractivity contribution in [3.8, 4) is 11.4 Å². The molecule has 0 atom stereocenters. The van der Waals surface area contributed by atoms with Crippen LogP contribution in [0.15, 0.2) is 36.7 Å². The van der Waals surface area contributed by atoms with Crippen LogP contribution in [-0.2, 0) is 9.47 Å². The molecule has 0 aliphatic rings. The summed E-state index contributed by atoms with van der Waals surface area (Å²) in [6.07, 6.45) is 16.8. The minimum absolute atomic E-state index is 0.357. The van der Waals surface area contributed by atoms with Crippen molar-refractivity contribution in [1.82, 2.24) is 9.97 Å². The predicted molar refractivity (Wildman–Crippen MR) is 135 cm³/mol. The highest BCUT2D eigenvalue weighted by Gasteiger charge is 2.11. The van der Waals surface area contributed by atoms with Crippen LogP contribution in [0.5, 0.6) is 0 Å². The third kappa shape index (κ3) is 10.4. The average molecular weight is 469 g/mol. The quantitative estimate of drug-likeness (QED) is 0.181. The summed E-state index contributed by atoms with van der Waals surface area (Å²) >= 11 is 0. The van der Waals surface area contributed by atoms with Crippen molar-refractivity contribution in [1.29, 1.82) is 0 Å². The monoisotopic (exact) mass is 468 g/mol. The van der Waals surface area contributed by atoms with Gasteiger partial charge in [-0.15, -0.1) is 0 Å². The third-order valence-corrected chi connectivity index (χ3v) is 5.72. The van der Waals surface area contributed by atoms with Crippen molar-refractivity contribution in [2.75, 3.05) is 13.2 Å². The molecule has 2 heterocycles. The maximum absolute atomic E-state index is 12.2. The molecular formula is C28H40N2O4. The van der Waals surface area contributed by atoms with Crippen molar-refractivity contribution in [2.24, 2.45) is 0 Å². The minimum atomic E-state index is -0.357. The van der Waals surface area contributed by atoms with E-state index in [0.717, 1.165) is 25.7 Å². The van der Waals surface area contributed by atoms with Crippen LogP contribution in [0.25, 0.3) is 11.4 Å². The first-order chi connectivity index (χ1) is 16.7. The minimum Gasteiger partial charge on any atom is -0.462 e. The normalized spacial score (nSPS) is 10.8. The summed E-state index contributed by atoms with van der Waals surface area (Å²) in [6, 6.07) is 6.85. The Hall–Kier alpha value is -2.76. The Bertz CT molecular complexity index is 763. The zero-order valence-corrected chi connectivity index (χ0v) is 20.9. The van der Waals surface area contributed by atoms with Gasteiger partial charge < -0.3 is 9.47 Å². The van der Waals surface area contributed by atoms with Crippen molar-refractivity contribution in [3.63, 3.8) is 0 Å². The summed E-state index contributed by atoms with van der Waals surface area (Å²) in [7, 11) is 0. The van der Waals surface area contributed by atoms with Crippen LogP contribution in [0, 0.1) is 0 Å². The van der Waals surface area contributed by atoms with Gasteiger partial charge in [0.05, 0.1) is 35.7 Å². The van der Waals surface area contributed by atoms with E-state index in [1.165, 1.54) is 63.8 Å². The number of carbonyl (C=O) groups excluding carboxylic acids is 2. The molecule has 2 rings (SSSR count). The number of hydrogen-bond donors (Lipinski definition) is 0. The van der Waals surface area contributed by atoms with E-state index in [4.69, 9.17) is 9.47 Å². The van der Waals surface area contributed by atoms with E-state index in [2.05, 4.69) is 23.8 Å². The van der Waals surface area contributed by atoms with Gasteiger partial charge in [-0.1, -0.05) is 78.1 Å². The highest BCUT2D eigenvalue weighted by molar-refractivity contribution is 5.90. The molecule has 186 valence electrons. The maximum atomic E-state index is 12.2. The zero-order chi connectivity index (χ0) is 24.4. The topological polar surface area (TPSA) is 78.4 Å². The molecular weight excluding hydrogens is 428 g/mol. The Balaban J connectivity index is 1.73. The fraction of sp³-hybridized carbons (Fsp3) is 0.571. The number of hydrogen-bond acceptors (Lipinski definition) is 6. The van der Waals surface area contributed by atoms with Gasteiger partial charge in [0, 0.05) is 12.4 Å². The van der Waals surface area contributed by atoms with E-state index in [9.17, 15) is 9.59 Å². The second-order valence-corrected chi connectivity index (χ2v) is 8.67. The van der Waals surface area contributed by atoms with E-state index >= 15 is 0 Å². The van der Waals surface area contributed by atoms with Gasteiger partial charge in [-0.2, -0.15) is 0 Å². The van der Waals surface area contributed by atoms with Gasteiger partial charge in [-0.3, -0.25) is 9.97 Å². The van der Waals surface area contributed by atoms with Gasteiger partial charge in [0.15, 0.2) is 0 Å². The Kier molecular flexibility index (Phi) is 13.6. The predicted octanol–water partition coefficient (Wildman–Crippen LogP) is 7.18. The molecule has 0 fully saturated rings. The molecule has 0 aliphatic heterocycles. The number of pyridine rings is 2. The summed E-state index contributed by atoms with van der Waals surface area (Å²) in [5.74, 6) is -0.715. The molecule has 0 radical (unpaired) electrons. The largest absolute Gasteiger partial charge is 0.462 e. The molecule has 6 nitrogen and oxygen atoms in total. The van der Waals surface area contributed by atoms with Gasteiger partial charge in [0.1, 0.15) is 0 Å². The molecule has 0 aromatic carbocycles. The molecule has 0 amide bonds. The van der Waals surface area contributed by atoms with Crippen LogP contribution in [-0.4, -0.2) is 35.1 Å². The van der Waals surface area contributed by atoms with Crippen molar-refractivity contribution < 1.29 is 19.1 Å². The van der Waals surface area contributed by atoms with Gasteiger partial charge in [0.25, 0.3) is 0 Å². The number of ether oxygens (including phenoxy) is 2. The maximum Gasteiger partial charge on any atom is 0.339 e. The highest BCUT2D eigenvalue weighted by Crippen LogP contribution is 2.16. The van der Waals surface area contributed by atoms with Gasteiger partial charge in [-0.25, -0.2) is 9.59 Å². The molecule has 0 unspecified atom stereocenters. The first-order valence-electron chi connectivity index (χ1n) is 12.9. The van der Waals surface area contributed by atoms with E-state index in [1.807, 2.05) is 0 Å². The van der Waals surface area contributed by atoms with E-state index in [1.54, 1.807) is 24.3 Å². The first kappa shape index (κ1) is 27.5. The molecule has 0 N–H and O–H groups in total. The molecule has 0 saturated carbocycles. The van der Waals surface area contributed by atoms with Crippen LogP contribution >= 0.6 is 0 Å². The fourth-order valence-electron chi connectivity index (χ4n) is 3.59. The number of esters is 2. The van der Waals surface area contributed by atoms with Crippen molar-refractivity contribution >= 4 is 11.9 Å². The highest BCUT2D eigenvalue weighted by atomic mass is 16.5. The smallest absolute Gasteiger partial charge is 0.339 e. The lowest BCUT2D eigenvalue weighted by Gasteiger charge is -2.07. The van der Waals surface area contributed by atoms with Crippen LogP contribution in [0.4, 0.5) is 0 Å². The molecule has 34 heavy (non-hydrogen) atoms. The van der Waals surface area contributed by atoms with Crippen molar-refractivity contribution in [2.45, 2.75) is 90.9 Å². The molecule has 6 heteroatoms. The van der Waals surface area contributed by atoms with Gasteiger partial charge in [0.2, 0.25) is 0 Å². The second-order valence-electron chi connectivity index (χ2n) is 8.67. The zero-order valence-electron chi connectivity index (χ0n) is 20.9. The van der Waals surface area contributed by atoms with E-state index in [-0.39, 0.29) is 11.9 Å². The van der Waals surface area contributed by atoms with E-state index < -0.39 is 0 Å². The SMILES string of the molecule is CCCCCCCCOC(=O)c1ccc(-c2ccc(C(=O)OCCCCCCCC)cn2)nc1. The summed E-state index contributed by atoms with van der Waals surface area (Å²) < 4.78 is 10.7. The Morgan fingerprint density at radius 3 is 1.32 bits per heavy atom. The number of aromatic nitrogens is 2. The molecule has 2 aromatic rings. The Morgan fingerprint density at radius 2 is 0.971 bits per heavy atom. The Morgan fingerprint density at radius 1 is 0.588 bits per heavy atom. The lowest BCUT2D eigenvalue weighted by Crippen LogP contribution is -2.08. The summed E-state index contributed by atoms with van der Waals surface area (Å²) in [5.41, 5.74) is 2.09. The van der Waals surface area contributed by atoms with Crippen LogP contribution < -0.4 is 0 Å². The van der Waals surface area contributed by atoms with Crippen molar-refractivity contribution in [3.05, 3.63) is 47.8 Å². The van der Waals surface area contributed by atoms with Gasteiger partial charge >= 0.3 is 11.9 Å². The molecule has 0 spiro atoms. The number of nitrogens with zero attached hydrogens (tertiary/aromatic N) is 2. The molecule has 0 aliphatic carbocycles. The number of unbranched alkanes of at least 4 members (excludes halogenated alkanes) is 10. The molecule has 0 bridgehead atoms. The number of rotatable bonds is 17. The summed E-state index contributed by atoms with van der Waals surface area (Å²) in [6.45, 7) is 5.26. The second kappa shape index (κ2) is 16.8. The molecule has 0 saturated heterocycles. The standard InChI is InChI=1S/C28H40N2O4/c1-3-5-7-9-11-13-19-33-27(31)23-15-17-25(29-21-23)26-18-16-24(22-30-26)28(32)34-20-14-12-10-8-6-4-2/h15-18,21-22H,3-14,19-20H2,1-2H3. The lowest BCUT2D eigenvalue weighted by atomic mass is 10.1. The third-order valence-electron chi connectivity index (χ3n) is 5.72. The van der Waals surface area contributed by atoms with Crippen LogP contribution in [0.2, 0.25) is 0 Å². The van der Waals surface area contributed by atoms with E-state index in [0.29, 0.717) is 35.7 Å². The molecule has 2 aromatic heterocycles. The number of carbonyl (C=O) groups is 2. The van der Waals surface area contributed by atoms with Gasteiger partial charge in [-0.05, 0) is 37.1 Å². The first-order valence-corrected chi connectivity index (χ1v) is 12.9. The Labute approximate surface area is 204 Å². The van der Waals surface area contributed by atoms with Crippen LogP contribution in [0.1, 0.15) is 112 Å². The summed E-state index contributed by atoms with van der Waals surface area (Å²) in [5, 5.41) is 0.